The van der Waals surface area contributed by atoms with Crippen LogP contribution in [-0.2, 0) is 16.0 Å². The molecule has 1 aliphatic rings. The first-order chi connectivity index (χ1) is 19.8. The molecule has 1 aliphatic carbocycles. The van der Waals surface area contributed by atoms with Crippen molar-refractivity contribution in [3.63, 3.8) is 0 Å². The van der Waals surface area contributed by atoms with Gasteiger partial charge in [-0.3, -0.25) is 14.4 Å². The molecular formula is C34H38N4O3. The van der Waals surface area contributed by atoms with E-state index in [0.717, 1.165) is 52.5 Å². The SMILES string of the molecule is CC(=O)Nc1ccc(C(=O)N(CCc2c[nH]c3ccccc23)C2(C(=O)Nc3c(C)cccc3C)CCCCC2)cc1. The number of fused-ring (bicyclic) bond motifs is 1. The van der Waals surface area contributed by atoms with Gasteiger partial charge in [-0.25, -0.2) is 0 Å². The van der Waals surface area contributed by atoms with Gasteiger partial charge >= 0.3 is 0 Å². The smallest absolute Gasteiger partial charge is 0.254 e. The van der Waals surface area contributed by atoms with E-state index < -0.39 is 5.54 Å². The second kappa shape index (κ2) is 12.0. The first kappa shape index (κ1) is 28.1. The minimum absolute atomic E-state index is 0.128. The van der Waals surface area contributed by atoms with E-state index in [-0.39, 0.29) is 17.7 Å². The number of carbonyl (C=O) groups is 3. The average Bonchev–Trinajstić information content (AvgIpc) is 3.38. The first-order valence-electron chi connectivity index (χ1n) is 14.4. The van der Waals surface area contributed by atoms with Crippen molar-refractivity contribution in [3.05, 3.63) is 95.2 Å². The molecule has 212 valence electrons. The summed E-state index contributed by atoms with van der Waals surface area (Å²) in [7, 11) is 0. The maximum absolute atomic E-state index is 14.4. The fourth-order valence-electron chi connectivity index (χ4n) is 6.13. The standard InChI is InChI=1S/C34H38N4O3/c1-23-10-9-11-24(2)31(23)37-33(41)34(19-7-4-8-20-34)38(21-18-27-22-35-30-13-6-5-12-29(27)30)32(40)26-14-16-28(17-15-26)36-25(3)39/h5-6,9-17,22,35H,4,7-8,18-21H2,1-3H3,(H,36,39)(H,37,41). The van der Waals surface area contributed by atoms with Crippen molar-refractivity contribution >= 4 is 40.0 Å². The van der Waals surface area contributed by atoms with Gasteiger partial charge in [-0.05, 0) is 80.1 Å². The Morgan fingerprint density at radius 3 is 2.22 bits per heavy atom. The molecule has 0 atom stereocenters. The highest BCUT2D eigenvalue weighted by molar-refractivity contribution is 6.04. The van der Waals surface area contributed by atoms with Crippen LogP contribution in [0.4, 0.5) is 11.4 Å². The van der Waals surface area contributed by atoms with Crippen LogP contribution in [0.15, 0.2) is 72.9 Å². The Morgan fingerprint density at radius 1 is 0.854 bits per heavy atom. The molecule has 0 saturated heterocycles. The molecule has 1 fully saturated rings. The van der Waals surface area contributed by atoms with Crippen LogP contribution >= 0.6 is 0 Å². The maximum Gasteiger partial charge on any atom is 0.254 e. The number of nitrogens with one attached hydrogen (secondary N) is 3. The van der Waals surface area contributed by atoms with Crippen LogP contribution in [0.5, 0.6) is 0 Å². The van der Waals surface area contributed by atoms with Gasteiger partial charge in [0.15, 0.2) is 0 Å². The summed E-state index contributed by atoms with van der Waals surface area (Å²) < 4.78 is 0. The molecule has 1 saturated carbocycles. The lowest BCUT2D eigenvalue weighted by atomic mass is 9.78. The first-order valence-corrected chi connectivity index (χ1v) is 14.4. The summed E-state index contributed by atoms with van der Waals surface area (Å²) >= 11 is 0. The molecule has 0 aliphatic heterocycles. The zero-order chi connectivity index (χ0) is 29.0. The van der Waals surface area contributed by atoms with Gasteiger partial charge in [0.05, 0.1) is 0 Å². The van der Waals surface area contributed by atoms with Gasteiger partial charge in [0.25, 0.3) is 5.91 Å². The van der Waals surface area contributed by atoms with Crippen molar-refractivity contribution in [2.75, 3.05) is 17.2 Å². The predicted octanol–water partition coefficient (Wildman–Crippen LogP) is 6.77. The molecule has 1 heterocycles. The Hall–Kier alpha value is -4.39. The quantitative estimate of drug-likeness (QED) is 0.226. The summed E-state index contributed by atoms with van der Waals surface area (Å²) in [6, 6.07) is 21.0. The zero-order valence-corrected chi connectivity index (χ0v) is 24.0. The van der Waals surface area contributed by atoms with E-state index in [2.05, 4.69) is 21.7 Å². The number of anilines is 2. The highest BCUT2D eigenvalue weighted by atomic mass is 16.2. The normalized spacial score (nSPS) is 14.4. The van der Waals surface area contributed by atoms with Crippen molar-refractivity contribution in [1.82, 2.24) is 9.88 Å². The molecule has 0 radical (unpaired) electrons. The van der Waals surface area contributed by atoms with Crippen molar-refractivity contribution in [2.45, 2.75) is 64.8 Å². The third-order valence-corrected chi connectivity index (χ3v) is 8.32. The van der Waals surface area contributed by atoms with Gasteiger partial charge in [0.2, 0.25) is 11.8 Å². The monoisotopic (exact) mass is 550 g/mol. The molecule has 4 aromatic rings. The molecule has 5 rings (SSSR count). The van der Waals surface area contributed by atoms with E-state index in [4.69, 9.17) is 0 Å². The number of rotatable bonds is 8. The van der Waals surface area contributed by atoms with Crippen LogP contribution in [0.1, 0.15) is 66.1 Å². The highest BCUT2D eigenvalue weighted by Crippen LogP contribution is 2.37. The maximum atomic E-state index is 14.4. The number of hydrogen-bond donors (Lipinski definition) is 3. The van der Waals surface area contributed by atoms with Crippen LogP contribution < -0.4 is 10.6 Å². The van der Waals surface area contributed by atoms with Crippen LogP contribution in [0.2, 0.25) is 0 Å². The van der Waals surface area contributed by atoms with Crippen LogP contribution in [0, 0.1) is 13.8 Å². The van der Waals surface area contributed by atoms with Gasteiger partial charge in [-0.2, -0.15) is 0 Å². The van der Waals surface area contributed by atoms with Gasteiger partial charge in [-0.1, -0.05) is 55.7 Å². The molecule has 0 unspecified atom stereocenters. The van der Waals surface area contributed by atoms with Gasteiger partial charge in [0, 0.05) is 47.5 Å². The number of aryl methyl sites for hydroxylation is 2. The van der Waals surface area contributed by atoms with Gasteiger partial charge in [0.1, 0.15) is 5.54 Å². The van der Waals surface area contributed by atoms with E-state index >= 15 is 0 Å². The van der Waals surface area contributed by atoms with Crippen LogP contribution in [-0.4, -0.2) is 39.7 Å². The number of H-pyrrole nitrogens is 1. The molecule has 3 amide bonds. The lowest BCUT2D eigenvalue weighted by Gasteiger charge is -2.45. The summed E-state index contributed by atoms with van der Waals surface area (Å²) in [6.45, 7) is 5.83. The Labute approximate surface area is 241 Å². The molecule has 0 bridgehead atoms. The fourth-order valence-corrected chi connectivity index (χ4v) is 6.13. The number of amides is 3. The third kappa shape index (κ3) is 5.89. The zero-order valence-electron chi connectivity index (χ0n) is 24.0. The summed E-state index contributed by atoms with van der Waals surface area (Å²) in [5.41, 5.74) is 5.10. The summed E-state index contributed by atoms with van der Waals surface area (Å²) in [5, 5.41) is 7.12. The Kier molecular flexibility index (Phi) is 8.24. The van der Waals surface area contributed by atoms with Crippen LogP contribution in [0.25, 0.3) is 10.9 Å². The molecule has 3 aromatic carbocycles. The number of aromatic nitrogens is 1. The topological polar surface area (TPSA) is 94.3 Å². The van der Waals surface area contributed by atoms with E-state index in [9.17, 15) is 14.4 Å². The van der Waals surface area contributed by atoms with E-state index in [1.807, 2.05) is 61.3 Å². The molecule has 7 heteroatoms. The van der Waals surface area contributed by atoms with E-state index in [1.54, 1.807) is 24.3 Å². The summed E-state index contributed by atoms with van der Waals surface area (Å²) in [4.78, 5) is 45.4. The van der Waals surface area contributed by atoms with Crippen molar-refractivity contribution in [1.29, 1.82) is 0 Å². The second-order valence-corrected chi connectivity index (χ2v) is 11.1. The third-order valence-electron chi connectivity index (χ3n) is 8.32. The number of benzene rings is 3. The van der Waals surface area contributed by atoms with Gasteiger partial charge < -0.3 is 20.5 Å². The van der Waals surface area contributed by atoms with Crippen molar-refractivity contribution < 1.29 is 14.4 Å². The summed E-state index contributed by atoms with van der Waals surface area (Å²) in [5.74, 6) is -0.483. The molecular weight excluding hydrogens is 512 g/mol. The van der Waals surface area contributed by atoms with Gasteiger partial charge in [-0.15, -0.1) is 0 Å². The van der Waals surface area contributed by atoms with E-state index in [0.29, 0.717) is 37.1 Å². The van der Waals surface area contributed by atoms with Crippen molar-refractivity contribution in [2.24, 2.45) is 0 Å². The lowest BCUT2D eigenvalue weighted by molar-refractivity contribution is -0.128. The molecule has 3 N–H and O–H groups in total. The number of hydrogen-bond acceptors (Lipinski definition) is 3. The lowest BCUT2D eigenvalue weighted by Crippen LogP contribution is -2.60. The summed E-state index contributed by atoms with van der Waals surface area (Å²) in [6.07, 6.45) is 6.60. The fraction of sp³-hybridized carbons (Fsp3) is 0.324. The van der Waals surface area contributed by atoms with Crippen LogP contribution in [0.3, 0.4) is 0 Å². The van der Waals surface area contributed by atoms with Crippen molar-refractivity contribution in [3.8, 4) is 0 Å². The Morgan fingerprint density at radius 2 is 1.54 bits per heavy atom. The molecule has 1 aromatic heterocycles. The molecule has 41 heavy (non-hydrogen) atoms. The Balaban J connectivity index is 1.52. The molecule has 7 nitrogen and oxygen atoms in total. The number of aromatic amines is 1. The predicted molar refractivity (Wildman–Crippen MR) is 164 cm³/mol. The second-order valence-electron chi connectivity index (χ2n) is 11.1. The number of para-hydroxylation sites is 2. The minimum Gasteiger partial charge on any atom is -0.361 e. The number of carbonyl (C=O) groups excluding carboxylic acids is 3. The minimum atomic E-state index is -0.980. The molecule has 0 spiro atoms. The number of nitrogens with zero attached hydrogens (tertiary/aromatic N) is 1. The van der Waals surface area contributed by atoms with E-state index in [1.165, 1.54) is 6.92 Å². The average molecular weight is 551 g/mol. The Bertz CT molecular complexity index is 1540. The largest absolute Gasteiger partial charge is 0.361 e. The highest BCUT2D eigenvalue weighted by Gasteiger charge is 2.47.